The Morgan fingerprint density at radius 2 is 1.59 bits per heavy atom. The Morgan fingerprint density at radius 3 is 2.34 bits per heavy atom. The van der Waals surface area contributed by atoms with Crippen LogP contribution in [0.25, 0.3) is 11.0 Å². The van der Waals surface area contributed by atoms with Crippen molar-refractivity contribution in [3.05, 3.63) is 82.4 Å². The Morgan fingerprint density at radius 1 is 0.862 bits per heavy atom. The van der Waals surface area contributed by atoms with E-state index < -0.39 is 5.97 Å². The molecule has 8 heteroatoms. The molecule has 29 heavy (non-hydrogen) atoms. The van der Waals surface area contributed by atoms with Gasteiger partial charge in [-0.15, -0.1) is 0 Å². The summed E-state index contributed by atoms with van der Waals surface area (Å²) in [5, 5.41) is 19.9. The summed E-state index contributed by atoms with van der Waals surface area (Å²) in [5.74, 6) is -1.69. The van der Waals surface area contributed by atoms with Crippen LogP contribution in [0, 0.1) is 0 Å². The number of rotatable bonds is 3. The zero-order valence-corrected chi connectivity index (χ0v) is 14.7. The van der Waals surface area contributed by atoms with Crippen molar-refractivity contribution in [3.63, 3.8) is 0 Å². The number of ketones is 2. The molecule has 2 N–H and O–H groups in total. The minimum absolute atomic E-state index is 0.0997. The molecule has 8 nitrogen and oxygen atoms in total. The quantitative estimate of drug-likeness (QED) is 0.484. The van der Waals surface area contributed by atoms with Crippen LogP contribution in [0.2, 0.25) is 0 Å². The van der Waals surface area contributed by atoms with Gasteiger partial charge in [-0.05, 0) is 34.6 Å². The van der Waals surface area contributed by atoms with Crippen LogP contribution < -0.4 is 5.32 Å². The molecule has 140 valence electrons. The summed E-state index contributed by atoms with van der Waals surface area (Å²) in [6.45, 7) is 0. The lowest BCUT2D eigenvalue weighted by Gasteiger charge is -2.18. The predicted molar refractivity (Wildman–Crippen MR) is 102 cm³/mol. The molecule has 0 fully saturated rings. The monoisotopic (exact) mass is 385 g/mol. The molecule has 1 aliphatic rings. The van der Waals surface area contributed by atoms with E-state index in [4.69, 9.17) is 4.63 Å². The van der Waals surface area contributed by atoms with Crippen LogP contribution in [-0.2, 0) is 0 Å². The number of carbonyl (C=O) groups is 3. The van der Waals surface area contributed by atoms with Gasteiger partial charge in [-0.1, -0.05) is 30.3 Å². The van der Waals surface area contributed by atoms with Crippen molar-refractivity contribution >= 4 is 39.9 Å². The van der Waals surface area contributed by atoms with Crippen molar-refractivity contribution in [2.75, 3.05) is 5.32 Å². The van der Waals surface area contributed by atoms with Crippen molar-refractivity contribution < 1.29 is 24.1 Å². The number of aromatic nitrogens is 2. The molecule has 0 aliphatic heterocycles. The van der Waals surface area contributed by atoms with Gasteiger partial charge in [-0.25, -0.2) is 9.42 Å². The third kappa shape index (κ3) is 2.50. The van der Waals surface area contributed by atoms with Gasteiger partial charge in [0.05, 0.1) is 16.8 Å². The summed E-state index contributed by atoms with van der Waals surface area (Å²) in [4.78, 5) is 37.3. The van der Waals surface area contributed by atoms with Crippen molar-refractivity contribution in [1.82, 2.24) is 10.3 Å². The van der Waals surface area contributed by atoms with E-state index in [0.29, 0.717) is 22.5 Å². The Balaban J connectivity index is 1.69. The van der Waals surface area contributed by atoms with Crippen molar-refractivity contribution in [3.8, 4) is 0 Å². The van der Waals surface area contributed by atoms with Crippen LogP contribution >= 0.6 is 0 Å². The highest BCUT2D eigenvalue weighted by Gasteiger charge is 2.33. The van der Waals surface area contributed by atoms with Crippen molar-refractivity contribution in [2.24, 2.45) is 0 Å². The van der Waals surface area contributed by atoms with E-state index in [-0.39, 0.29) is 39.3 Å². The lowest BCUT2D eigenvalue weighted by molar-refractivity contribution is 0.0696. The van der Waals surface area contributed by atoms with Crippen molar-refractivity contribution in [2.45, 2.75) is 0 Å². The van der Waals surface area contributed by atoms with Gasteiger partial charge in [0.1, 0.15) is 5.52 Å². The van der Waals surface area contributed by atoms with Crippen LogP contribution in [0.4, 0.5) is 11.4 Å². The molecule has 1 aliphatic carbocycles. The first-order chi connectivity index (χ1) is 14.0. The SMILES string of the molecule is O=C(O)c1cccc(Nc2cc3c(c4nonc24)C(=O)c2ccccc2C3=O)c1. The van der Waals surface area contributed by atoms with Gasteiger partial charge in [0, 0.05) is 22.4 Å². The Hall–Kier alpha value is -4.33. The average molecular weight is 385 g/mol. The lowest BCUT2D eigenvalue weighted by Crippen LogP contribution is -2.21. The van der Waals surface area contributed by atoms with E-state index in [0.717, 1.165) is 0 Å². The molecule has 0 saturated carbocycles. The fourth-order valence-corrected chi connectivity index (χ4v) is 3.49. The molecule has 0 radical (unpaired) electrons. The van der Waals surface area contributed by atoms with Gasteiger partial charge in [-0.2, -0.15) is 0 Å². The summed E-state index contributed by atoms with van der Waals surface area (Å²) >= 11 is 0. The van der Waals surface area contributed by atoms with E-state index >= 15 is 0 Å². The molecule has 0 amide bonds. The molecule has 0 spiro atoms. The number of nitrogens with one attached hydrogen (secondary N) is 1. The maximum atomic E-state index is 13.0. The average Bonchev–Trinajstić information content (AvgIpc) is 3.22. The topological polar surface area (TPSA) is 122 Å². The highest BCUT2D eigenvalue weighted by atomic mass is 16.6. The van der Waals surface area contributed by atoms with Gasteiger partial charge in [-0.3, -0.25) is 9.59 Å². The Kier molecular flexibility index (Phi) is 3.53. The molecule has 3 aromatic carbocycles. The maximum Gasteiger partial charge on any atom is 0.335 e. The molecule has 0 saturated heterocycles. The predicted octanol–water partition coefficient (Wildman–Crippen LogP) is 3.44. The summed E-state index contributed by atoms with van der Waals surface area (Å²) < 4.78 is 4.85. The first-order valence-corrected chi connectivity index (χ1v) is 8.62. The van der Waals surface area contributed by atoms with Gasteiger partial charge in [0.15, 0.2) is 17.1 Å². The fraction of sp³-hybridized carbons (Fsp3) is 0. The molecule has 5 rings (SSSR count). The number of carboxylic acid groups (broad SMARTS) is 1. The third-order valence-electron chi connectivity index (χ3n) is 4.81. The third-order valence-corrected chi connectivity index (χ3v) is 4.81. The Labute approximate surface area is 162 Å². The number of aromatic carboxylic acids is 1. The van der Waals surface area contributed by atoms with Crippen LogP contribution in [0.1, 0.15) is 42.2 Å². The highest BCUT2D eigenvalue weighted by molar-refractivity contribution is 6.32. The number of anilines is 2. The van der Waals surface area contributed by atoms with E-state index in [9.17, 15) is 19.5 Å². The molecule has 0 atom stereocenters. The molecular weight excluding hydrogens is 374 g/mol. The molecule has 1 aromatic heterocycles. The van der Waals surface area contributed by atoms with E-state index in [1.807, 2.05) is 0 Å². The fourth-order valence-electron chi connectivity index (χ4n) is 3.49. The standard InChI is InChI=1S/C21H11N3O5/c25-19-12-6-1-2-7-13(12)20(26)16-14(19)9-15(17-18(16)24-29-23-17)22-11-5-3-4-10(8-11)21(27)28/h1-9,22H,(H,27,28). The van der Waals surface area contributed by atoms with Gasteiger partial charge in [0.2, 0.25) is 0 Å². The summed E-state index contributed by atoms with van der Waals surface area (Å²) in [6.07, 6.45) is 0. The molecule has 4 aromatic rings. The van der Waals surface area contributed by atoms with Crippen LogP contribution in [0.3, 0.4) is 0 Å². The number of hydrogen-bond donors (Lipinski definition) is 2. The normalized spacial score (nSPS) is 12.6. The van der Waals surface area contributed by atoms with E-state index in [1.54, 1.807) is 36.4 Å². The molecule has 0 unspecified atom stereocenters. The first-order valence-electron chi connectivity index (χ1n) is 8.62. The second-order valence-corrected chi connectivity index (χ2v) is 6.52. The van der Waals surface area contributed by atoms with Gasteiger partial charge < -0.3 is 10.4 Å². The summed E-state index contributed by atoms with van der Waals surface area (Å²) in [7, 11) is 0. The van der Waals surface area contributed by atoms with Crippen LogP contribution in [0.5, 0.6) is 0 Å². The molecule has 1 heterocycles. The number of fused-ring (bicyclic) bond motifs is 4. The van der Waals surface area contributed by atoms with E-state index in [2.05, 4.69) is 15.6 Å². The number of benzene rings is 3. The van der Waals surface area contributed by atoms with Crippen molar-refractivity contribution in [1.29, 1.82) is 0 Å². The maximum absolute atomic E-state index is 13.0. The lowest BCUT2D eigenvalue weighted by atomic mass is 9.83. The van der Waals surface area contributed by atoms with E-state index in [1.165, 1.54) is 18.2 Å². The number of carbonyl (C=O) groups excluding carboxylic acids is 2. The van der Waals surface area contributed by atoms with Gasteiger partial charge in [0.25, 0.3) is 0 Å². The largest absolute Gasteiger partial charge is 0.478 e. The second kappa shape index (κ2) is 6.10. The highest BCUT2D eigenvalue weighted by Crippen LogP contribution is 2.36. The smallest absolute Gasteiger partial charge is 0.335 e. The minimum atomic E-state index is -1.07. The first kappa shape index (κ1) is 16.8. The summed E-state index contributed by atoms with van der Waals surface area (Å²) in [5.41, 5.74) is 2.36. The minimum Gasteiger partial charge on any atom is -0.478 e. The van der Waals surface area contributed by atoms with Gasteiger partial charge >= 0.3 is 5.97 Å². The van der Waals surface area contributed by atoms with Crippen LogP contribution in [-0.4, -0.2) is 33.0 Å². The number of hydrogen-bond acceptors (Lipinski definition) is 7. The van der Waals surface area contributed by atoms with Crippen LogP contribution in [0.15, 0.2) is 59.2 Å². The number of nitrogens with zero attached hydrogens (tertiary/aromatic N) is 2. The Bertz CT molecular complexity index is 1360. The zero-order valence-electron chi connectivity index (χ0n) is 14.7. The molecular formula is C21H11N3O5. The zero-order chi connectivity index (χ0) is 20.1. The summed E-state index contributed by atoms with van der Waals surface area (Å²) in [6, 6.07) is 14.3. The molecule has 0 bridgehead atoms. The second-order valence-electron chi connectivity index (χ2n) is 6.52. The number of carboxylic acids is 1.